The minimum atomic E-state index is 0.0942. The zero-order valence-corrected chi connectivity index (χ0v) is 26.2. The van der Waals surface area contributed by atoms with Crippen molar-refractivity contribution in [2.45, 2.75) is 72.6 Å². The molecule has 0 aliphatic carbocycles. The average Bonchev–Trinajstić information content (AvgIpc) is 3.01. The number of hydrogen-bond acceptors (Lipinski definition) is 5. The zero-order chi connectivity index (χ0) is 31.6. The first-order valence-electron chi connectivity index (χ1n) is 15.1. The summed E-state index contributed by atoms with van der Waals surface area (Å²) in [5.74, 6) is 0.401. The molecule has 0 fully saturated rings. The molecule has 0 spiro atoms. The Kier molecular flexibility index (Phi) is 15.2. The van der Waals surface area contributed by atoms with Gasteiger partial charge in [-0.25, -0.2) is 0 Å². The molecule has 0 unspecified atom stereocenters. The number of aliphatic hydroxyl groups is 1. The molecule has 0 aliphatic rings. The van der Waals surface area contributed by atoms with Gasteiger partial charge in [-0.05, 0) is 68.0 Å². The molecule has 5 heteroatoms. The van der Waals surface area contributed by atoms with E-state index in [0.29, 0.717) is 22.9 Å². The summed E-state index contributed by atoms with van der Waals surface area (Å²) in [6.07, 6.45) is 9.96. The number of carbonyl (C=O) groups excluding carboxylic acids is 1. The molecular weight excluding hydrogens is 532 g/mol. The lowest BCUT2D eigenvalue weighted by molar-refractivity contribution is -0.117. The van der Waals surface area contributed by atoms with E-state index in [0.717, 1.165) is 84.7 Å². The minimum Gasteiger partial charge on any atom is -0.516 e. The lowest BCUT2D eigenvalue weighted by atomic mass is 9.98. The fraction of sp³-hybridized carbons (Fsp3) is 0.289. The molecule has 0 saturated carbocycles. The normalized spacial score (nSPS) is 11.3. The summed E-state index contributed by atoms with van der Waals surface area (Å²) >= 11 is 0. The van der Waals surface area contributed by atoms with E-state index in [-0.39, 0.29) is 5.75 Å². The van der Waals surface area contributed by atoms with Crippen molar-refractivity contribution in [2.75, 3.05) is 5.32 Å². The molecule has 3 rings (SSSR count). The van der Waals surface area contributed by atoms with Crippen molar-refractivity contribution in [1.82, 2.24) is 5.32 Å². The number of rotatable bonds is 15. The van der Waals surface area contributed by atoms with Gasteiger partial charge in [-0.2, -0.15) is 0 Å². The molecular formula is C38H48N2O3. The van der Waals surface area contributed by atoms with Crippen LogP contribution in [0.2, 0.25) is 0 Å². The fourth-order valence-electron chi connectivity index (χ4n) is 4.47. The third-order valence-corrected chi connectivity index (χ3v) is 6.99. The second-order valence-electron chi connectivity index (χ2n) is 10.6. The van der Waals surface area contributed by atoms with Gasteiger partial charge in [0.2, 0.25) is 0 Å². The van der Waals surface area contributed by atoms with Crippen LogP contribution in [0, 0.1) is 0 Å². The summed E-state index contributed by atoms with van der Waals surface area (Å²) in [5.41, 5.74) is 7.71. The first-order chi connectivity index (χ1) is 20.7. The van der Waals surface area contributed by atoms with Crippen molar-refractivity contribution in [3.63, 3.8) is 0 Å². The van der Waals surface area contributed by atoms with Crippen LogP contribution in [0.25, 0.3) is 22.5 Å². The fourth-order valence-corrected chi connectivity index (χ4v) is 4.47. The van der Waals surface area contributed by atoms with Crippen LogP contribution in [0.3, 0.4) is 0 Å². The molecule has 0 aromatic heterocycles. The Balaban J connectivity index is 0.000000821. The van der Waals surface area contributed by atoms with Crippen LogP contribution in [0.5, 0.6) is 5.75 Å². The number of nitrogens with one attached hydrogen (secondary N) is 2. The number of anilines is 1. The van der Waals surface area contributed by atoms with Crippen molar-refractivity contribution in [3.8, 4) is 16.9 Å². The lowest BCUT2D eigenvalue weighted by Crippen LogP contribution is -2.12. The highest BCUT2D eigenvalue weighted by Crippen LogP contribution is 2.33. The number of phenolic OH excluding ortho intramolecular Hbond substituents is 1. The van der Waals surface area contributed by atoms with Gasteiger partial charge in [0.05, 0.1) is 11.9 Å². The Hall–Kier alpha value is -4.51. The van der Waals surface area contributed by atoms with Gasteiger partial charge in [-0.15, -0.1) is 0 Å². The maximum absolute atomic E-state index is 10.8. The first-order valence-corrected chi connectivity index (χ1v) is 15.1. The van der Waals surface area contributed by atoms with Crippen molar-refractivity contribution in [2.24, 2.45) is 0 Å². The van der Waals surface area contributed by atoms with Crippen LogP contribution in [0.4, 0.5) is 5.69 Å². The molecule has 0 heterocycles. The van der Waals surface area contributed by atoms with Gasteiger partial charge in [0.1, 0.15) is 11.5 Å². The number of allylic oxidation sites excluding steroid dienone is 2. The third-order valence-electron chi connectivity index (χ3n) is 6.99. The topological polar surface area (TPSA) is 81.6 Å². The van der Waals surface area contributed by atoms with Crippen LogP contribution >= 0.6 is 0 Å². The molecule has 228 valence electrons. The van der Waals surface area contributed by atoms with Crippen LogP contribution in [-0.4, -0.2) is 16.0 Å². The average molecular weight is 581 g/mol. The summed E-state index contributed by atoms with van der Waals surface area (Å²) in [4.78, 5) is 10.2. The minimum absolute atomic E-state index is 0.0942. The van der Waals surface area contributed by atoms with Crippen molar-refractivity contribution >= 4 is 22.9 Å². The summed E-state index contributed by atoms with van der Waals surface area (Å²) < 4.78 is 0. The lowest BCUT2D eigenvalue weighted by Gasteiger charge is -2.17. The van der Waals surface area contributed by atoms with Gasteiger partial charge >= 0.3 is 0 Å². The highest BCUT2D eigenvalue weighted by atomic mass is 16.3. The Bertz CT molecular complexity index is 1400. The summed E-state index contributed by atoms with van der Waals surface area (Å²) in [5, 5.41) is 26.7. The van der Waals surface area contributed by atoms with Gasteiger partial charge in [0.15, 0.2) is 0 Å². The van der Waals surface area contributed by atoms with E-state index in [2.05, 4.69) is 62.8 Å². The molecule has 3 aromatic rings. The summed E-state index contributed by atoms with van der Waals surface area (Å²) in [6, 6.07) is 23.6. The number of unbranched alkanes of at least 4 members (excludes halogenated alkanes) is 3. The molecule has 4 N–H and O–H groups in total. The Labute approximate surface area is 258 Å². The van der Waals surface area contributed by atoms with Crippen LogP contribution < -0.4 is 10.6 Å². The monoisotopic (exact) mass is 580 g/mol. The SMILES string of the molecule is C=C(NC(/C=C\O)=C(/C)CCCCC)c1ccc(NC(=C)c2ccccc2-c2ccccc2)c(O)c1.CCCCC(C)=O. The molecule has 43 heavy (non-hydrogen) atoms. The molecule has 0 bridgehead atoms. The number of benzene rings is 3. The molecule has 0 saturated heterocycles. The van der Waals surface area contributed by atoms with E-state index in [4.69, 9.17) is 0 Å². The molecule has 0 aliphatic heterocycles. The zero-order valence-electron chi connectivity index (χ0n) is 26.2. The van der Waals surface area contributed by atoms with E-state index in [1.165, 1.54) is 0 Å². The van der Waals surface area contributed by atoms with Crippen molar-refractivity contribution in [3.05, 3.63) is 121 Å². The van der Waals surface area contributed by atoms with E-state index in [1.807, 2.05) is 48.5 Å². The maximum Gasteiger partial charge on any atom is 0.139 e. The largest absolute Gasteiger partial charge is 0.516 e. The molecule has 0 atom stereocenters. The number of Topliss-reactive ketones (excluding diaryl/α,β-unsaturated/α-hetero) is 1. The number of ketones is 1. The maximum atomic E-state index is 10.8. The number of aliphatic hydroxyl groups excluding tert-OH is 1. The second kappa shape index (κ2) is 18.8. The Morgan fingerprint density at radius 2 is 1.51 bits per heavy atom. The summed E-state index contributed by atoms with van der Waals surface area (Å²) in [7, 11) is 0. The van der Waals surface area contributed by atoms with E-state index < -0.39 is 0 Å². The van der Waals surface area contributed by atoms with Gasteiger partial charge < -0.3 is 25.6 Å². The number of aromatic hydroxyl groups is 1. The molecule has 0 radical (unpaired) electrons. The number of hydrogen-bond donors (Lipinski definition) is 4. The summed E-state index contributed by atoms with van der Waals surface area (Å²) in [6.45, 7) is 16.3. The standard InChI is InChI=1S/C32H36N2O2.C6H12O/c1-5-6-8-13-23(2)30(20-21-35)33-24(3)27-18-19-31(32(36)22-27)34-25(4)28-16-11-12-17-29(28)26-14-9-7-10-15-26;1-3-4-5-6(2)7/h7,9-12,14-22,33-36H,3-6,8,13H2,1-2H3;3-5H2,1-2H3/b21-20-,30-23-;. The Morgan fingerprint density at radius 3 is 2.12 bits per heavy atom. The van der Waals surface area contributed by atoms with E-state index in [9.17, 15) is 15.0 Å². The van der Waals surface area contributed by atoms with E-state index >= 15 is 0 Å². The third kappa shape index (κ3) is 11.7. The predicted octanol–water partition coefficient (Wildman–Crippen LogP) is 10.4. The Morgan fingerprint density at radius 1 is 0.837 bits per heavy atom. The number of carbonyl (C=O) groups is 1. The molecule has 3 aromatic carbocycles. The highest BCUT2D eigenvalue weighted by Gasteiger charge is 2.11. The molecule has 0 amide bonds. The van der Waals surface area contributed by atoms with Gasteiger partial charge in [-0.3, -0.25) is 0 Å². The van der Waals surface area contributed by atoms with Crippen LogP contribution in [-0.2, 0) is 4.79 Å². The van der Waals surface area contributed by atoms with E-state index in [1.54, 1.807) is 19.1 Å². The van der Waals surface area contributed by atoms with Gasteiger partial charge in [0, 0.05) is 34.6 Å². The van der Waals surface area contributed by atoms with Crippen LogP contribution in [0.1, 0.15) is 83.8 Å². The smallest absolute Gasteiger partial charge is 0.139 e. The number of phenols is 1. The van der Waals surface area contributed by atoms with Crippen LogP contribution in [0.15, 0.2) is 110 Å². The van der Waals surface area contributed by atoms with Crippen molar-refractivity contribution in [1.29, 1.82) is 0 Å². The quantitative estimate of drug-likeness (QED) is 0.0622. The second-order valence-corrected chi connectivity index (χ2v) is 10.6. The van der Waals surface area contributed by atoms with Gasteiger partial charge in [0.25, 0.3) is 0 Å². The van der Waals surface area contributed by atoms with Gasteiger partial charge in [-0.1, -0.05) is 107 Å². The first kappa shape index (κ1) is 34.7. The van der Waals surface area contributed by atoms with Crippen molar-refractivity contribution < 1.29 is 15.0 Å². The predicted molar refractivity (Wildman–Crippen MR) is 184 cm³/mol. The highest BCUT2D eigenvalue weighted by molar-refractivity contribution is 5.87. The molecule has 5 nitrogen and oxygen atoms in total.